The molecular weight excluding hydrogens is 364 g/mol. The lowest BCUT2D eigenvalue weighted by atomic mass is 9.96. The quantitative estimate of drug-likeness (QED) is 0.475. The van der Waals surface area contributed by atoms with Gasteiger partial charge in [-0.05, 0) is 41.3 Å². The van der Waals surface area contributed by atoms with Gasteiger partial charge >= 0.3 is 0 Å². The number of hydrogen-bond acceptors (Lipinski definition) is 2. The second kappa shape index (κ2) is 7.36. The van der Waals surface area contributed by atoms with Crippen molar-refractivity contribution in [3.63, 3.8) is 0 Å². The maximum atomic E-state index is 12.5. The van der Waals surface area contributed by atoms with Crippen molar-refractivity contribution in [1.82, 2.24) is 10.3 Å². The number of benzene rings is 2. The molecule has 0 aliphatic heterocycles. The number of fused-ring (bicyclic) bond motifs is 1. The minimum atomic E-state index is -0.117. The van der Waals surface area contributed by atoms with Gasteiger partial charge in [-0.2, -0.15) is 0 Å². The van der Waals surface area contributed by atoms with Crippen LogP contribution in [0.1, 0.15) is 26.7 Å². The molecule has 26 heavy (non-hydrogen) atoms. The Labute approximate surface area is 160 Å². The van der Waals surface area contributed by atoms with Crippen molar-refractivity contribution in [3.8, 4) is 0 Å². The number of nitrogens with one attached hydrogen (secondary N) is 2. The Hall–Kier alpha value is -2.56. The van der Waals surface area contributed by atoms with Crippen molar-refractivity contribution in [2.45, 2.75) is 5.92 Å². The first-order valence-corrected chi connectivity index (χ1v) is 9.61. The Bertz CT molecular complexity index is 1040. The zero-order chi connectivity index (χ0) is 17.9. The predicted octanol–water partition coefficient (Wildman–Crippen LogP) is 5.44. The van der Waals surface area contributed by atoms with E-state index < -0.39 is 0 Å². The highest BCUT2D eigenvalue weighted by Crippen LogP contribution is 2.32. The van der Waals surface area contributed by atoms with E-state index in [2.05, 4.69) is 33.9 Å². The topological polar surface area (TPSA) is 44.9 Å². The van der Waals surface area contributed by atoms with Crippen LogP contribution in [0.15, 0.2) is 72.2 Å². The van der Waals surface area contributed by atoms with E-state index in [-0.39, 0.29) is 11.8 Å². The number of halogens is 1. The van der Waals surface area contributed by atoms with E-state index in [1.54, 1.807) is 35.6 Å². The molecule has 1 unspecified atom stereocenters. The molecule has 2 N–H and O–H groups in total. The van der Waals surface area contributed by atoms with Crippen molar-refractivity contribution in [2.24, 2.45) is 0 Å². The number of hydrogen-bond donors (Lipinski definition) is 2. The van der Waals surface area contributed by atoms with Gasteiger partial charge in [0.15, 0.2) is 0 Å². The lowest BCUT2D eigenvalue weighted by molar-refractivity contribution is 0.0952. The minimum Gasteiger partial charge on any atom is -0.361 e. The molecule has 0 saturated carbocycles. The molecule has 4 rings (SSSR count). The standard InChI is InChI=1S/C21H17ClN2OS/c22-15-6-3-5-14(11-15)21(25)24-13-18(20-9-4-10-26-20)17-12-23-19-8-2-1-7-16(17)19/h1-12,18,23H,13H2,(H,24,25). The number of rotatable bonds is 5. The van der Waals surface area contributed by atoms with E-state index in [0.717, 1.165) is 5.52 Å². The fourth-order valence-electron chi connectivity index (χ4n) is 3.16. The summed E-state index contributed by atoms with van der Waals surface area (Å²) in [7, 11) is 0. The first kappa shape index (κ1) is 16.9. The highest BCUT2D eigenvalue weighted by Gasteiger charge is 2.20. The molecule has 4 aromatic rings. The number of thiophene rings is 1. The molecule has 1 atom stereocenters. The monoisotopic (exact) mass is 380 g/mol. The van der Waals surface area contributed by atoms with E-state index in [4.69, 9.17) is 11.6 Å². The maximum Gasteiger partial charge on any atom is 0.251 e. The van der Waals surface area contributed by atoms with Gasteiger partial charge in [-0.25, -0.2) is 0 Å². The summed E-state index contributed by atoms with van der Waals surface area (Å²) in [5.41, 5.74) is 2.86. The Morgan fingerprint density at radius 1 is 1.12 bits per heavy atom. The van der Waals surface area contributed by atoms with Crippen LogP contribution in [0.4, 0.5) is 0 Å². The summed E-state index contributed by atoms with van der Waals surface area (Å²) in [6.07, 6.45) is 2.04. The average Bonchev–Trinajstić information content (AvgIpc) is 3.32. The number of aromatic amines is 1. The molecule has 0 aliphatic carbocycles. The van der Waals surface area contributed by atoms with Gasteiger partial charge in [-0.3, -0.25) is 4.79 Å². The third-order valence-electron chi connectivity index (χ3n) is 4.44. The van der Waals surface area contributed by atoms with Crippen LogP contribution in [0.5, 0.6) is 0 Å². The highest BCUT2D eigenvalue weighted by molar-refractivity contribution is 7.10. The molecular formula is C21H17ClN2OS. The summed E-state index contributed by atoms with van der Waals surface area (Å²) in [6.45, 7) is 0.522. The van der Waals surface area contributed by atoms with Crippen molar-refractivity contribution in [3.05, 3.63) is 93.3 Å². The largest absolute Gasteiger partial charge is 0.361 e. The first-order chi connectivity index (χ1) is 12.7. The van der Waals surface area contributed by atoms with Gasteiger partial charge < -0.3 is 10.3 Å². The Balaban J connectivity index is 1.62. The van der Waals surface area contributed by atoms with Crippen LogP contribution < -0.4 is 5.32 Å². The molecule has 0 bridgehead atoms. The number of H-pyrrole nitrogens is 1. The molecule has 1 amide bonds. The van der Waals surface area contributed by atoms with Gasteiger partial charge in [0.2, 0.25) is 0 Å². The molecule has 130 valence electrons. The fourth-order valence-corrected chi connectivity index (χ4v) is 4.20. The minimum absolute atomic E-state index is 0.0919. The molecule has 2 heterocycles. The van der Waals surface area contributed by atoms with E-state index >= 15 is 0 Å². The number of para-hydroxylation sites is 1. The van der Waals surface area contributed by atoms with Gasteiger partial charge in [-0.1, -0.05) is 41.9 Å². The van der Waals surface area contributed by atoms with Crippen molar-refractivity contribution < 1.29 is 4.79 Å². The van der Waals surface area contributed by atoms with Crippen LogP contribution in [0.25, 0.3) is 10.9 Å². The van der Waals surface area contributed by atoms with Crippen molar-refractivity contribution >= 4 is 39.7 Å². The van der Waals surface area contributed by atoms with E-state index in [9.17, 15) is 4.79 Å². The SMILES string of the molecule is O=C(NCC(c1cccs1)c1c[nH]c2ccccc12)c1cccc(Cl)c1. The molecule has 0 spiro atoms. The lowest BCUT2D eigenvalue weighted by Crippen LogP contribution is -2.28. The molecule has 2 aromatic carbocycles. The van der Waals surface area contributed by atoms with Crippen LogP contribution in [-0.4, -0.2) is 17.4 Å². The summed E-state index contributed by atoms with van der Waals surface area (Å²) >= 11 is 7.70. The Kier molecular flexibility index (Phi) is 4.78. The average molecular weight is 381 g/mol. The predicted molar refractivity (Wildman–Crippen MR) is 108 cm³/mol. The van der Waals surface area contributed by atoms with Crippen LogP contribution in [0.3, 0.4) is 0 Å². The normalized spacial score (nSPS) is 12.2. The van der Waals surface area contributed by atoms with Gasteiger partial charge in [-0.15, -0.1) is 11.3 Å². The summed E-state index contributed by atoms with van der Waals surface area (Å²) < 4.78 is 0. The number of amides is 1. The van der Waals surface area contributed by atoms with Crippen LogP contribution in [-0.2, 0) is 0 Å². The number of aromatic nitrogens is 1. The summed E-state index contributed by atoms with van der Waals surface area (Å²) in [6, 6.07) is 19.4. The van der Waals surface area contributed by atoms with Gasteiger partial charge in [0.25, 0.3) is 5.91 Å². The smallest absolute Gasteiger partial charge is 0.251 e. The molecule has 0 aliphatic rings. The van der Waals surface area contributed by atoms with Gasteiger partial charge in [0.1, 0.15) is 0 Å². The zero-order valence-electron chi connectivity index (χ0n) is 13.9. The molecule has 3 nitrogen and oxygen atoms in total. The summed E-state index contributed by atoms with van der Waals surface area (Å²) in [5, 5.41) is 6.87. The van der Waals surface area contributed by atoms with Crippen molar-refractivity contribution in [2.75, 3.05) is 6.54 Å². The number of carbonyl (C=O) groups is 1. The Morgan fingerprint density at radius 2 is 2.00 bits per heavy atom. The van der Waals surface area contributed by atoms with Crippen molar-refractivity contribution in [1.29, 1.82) is 0 Å². The Morgan fingerprint density at radius 3 is 2.81 bits per heavy atom. The molecule has 5 heteroatoms. The zero-order valence-corrected chi connectivity index (χ0v) is 15.5. The van der Waals surface area contributed by atoms with Crippen LogP contribution in [0, 0.1) is 0 Å². The maximum absolute atomic E-state index is 12.5. The third kappa shape index (κ3) is 3.39. The third-order valence-corrected chi connectivity index (χ3v) is 5.66. The highest BCUT2D eigenvalue weighted by atomic mass is 35.5. The molecule has 0 saturated heterocycles. The first-order valence-electron chi connectivity index (χ1n) is 8.35. The fraction of sp³-hybridized carbons (Fsp3) is 0.0952. The van der Waals surface area contributed by atoms with Gasteiger partial charge in [0.05, 0.1) is 0 Å². The second-order valence-corrected chi connectivity index (χ2v) is 7.49. The summed E-state index contributed by atoms with van der Waals surface area (Å²) in [5.74, 6) is -0.0248. The van der Waals surface area contributed by atoms with E-state index in [1.807, 2.05) is 24.4 Å². The molecule has 0 radical (unpaired) electrons. The van der Waals surface area contributed by atoms with Crippen LogP contribution in [0.2, 0.25) is 5.02 Å². The van der Waals surface area contributed by atoms with E-state index in [1.165, 1.54) is 15.8 Å². The van der Waals surface area contributed by atoms with E-state index in [0.29, 0.717) is 17.1 Å². The summed E-state index contributed by atoms with van der Waals surface area (Å²) in [4.78, 5) is 17.1. The second-order valence-electron chi connectivity index (χ2n) is 6.08. The molecule has 0 fully saturated rings. The number of carbonyl (C=O) groups excluding carboxylic acids is 1. The molecule has 2 aromatic heterocycles. The van der Waals surface area contributed by atoms with Gasteiger partial charge in [0, 0.05) is 45.0 Å². The lowest BCUT2D eigenvalue weighted by Gasteiger charge is -2.16. The van der Waals surface area contributed by atoms with Crippen LogP contribution >= 0.6 is 22.9 Å².